The van der Waals surface area contributed by atoms with Crippen molar-refractivity contribution in [3.05, 3.63) is 29.6 Å². The van der Waals surface area contributed by atoms with E-state index in [0.717, 1.165) is 18.2 Å². The Labute approximate surface area is 117 Å². The van der Waals surface area contributed by atoms with Gasteiger partial charge in [0.05, 0.1) is 0 Å². The van der Waals surface area contributed by atoms with Crippen LogP contribution in [0.3, 0.4) is 0 Å². The van der Waals surface area contributed by atoms with Crippen molar-refractivity contribution >= 4 is 0 Å². The summed E-state index contributed by atoms with van der Waals surface area (Å²) in [6.45, 7) is 11.3. The Bertz CT molecular complexity index is 374. The molecule has 0 radical (unpaired) electrons. The molecule has 3 heteroatoms. The molecule has 1 aromatic heterocycles. The van der Waals surface area contributed by atoms with Crippen LogP contribution in [0.15, 0.2) is 18.3 Å². The molecule has 0 aliphatic carbocycles. The standard InChI is InChI=1S/C16H27N3/c1-4-19-9-5-6-16(12-19)14(3)18-11-15-8-7-13(2)17-10-15/h7-8,10,14,16,18H,4-6,9,11-12H2,1-3H3. The summed E-state index contributed by atoms with van der Waals surface area (Å²) in [6, 6.07) is 4.83. The fraction of sp³-hybridized carbons (Fsp3) is 0.688. The van der Waals surface area contributed by atoms with Crippen molar-refractivity contribution in [1.82, 2.24) is 15.2 Å². The van der Waals surface area contributed by atoms with Crippen LogP contribution < -0.4 is 5.32 Å². The van der Waals surface area contributed by atoms with Gasteiger partial charge in [0, 0.05) is 31.0 Å². The lowest BCUT2D eigenvalue weighted by Gasteiger charge is -2.35. The number of hydrogen-bond donors (Lipinski definition) is 1. The zero-order valence-electron chi connectivity index (χ0n) is 12.5. The fourth-order valence-electron chi connectivity index (χ4n) is 2.84. The number of nitrogens with zero attached hydrogens (tertiary/aromatic N) is 2. The third kappa shape index (κ3) is 4.29. The molecule has 1 aliphatic heterocycles. The maximum absolute atomic E-state index is 4.35. The van der Waals surface area contributed by atoms with Gasteiger partial charge in [0.15, 0.2) is 0 Å². The molecule has 2 heterocycles. The van der Waals surface area contributed by atoms with Crippen molar-refractivity contribution in [3.63, 3.8) is 0 Å². The van der Waals surface area contributed by atoms with Gasteiger partial charge in [-0.2, -0.15) is 0 Å². The zero-order chi connectivity index (χ0) is 13.7. The molecule has 0 bridgehead atoms. The Morgan fingerprint density at radius 1 is 1.47 bits per heavy atom. The zero-order valence-corrected chi connectivity index (χ0v) is 12.5. The van der Waals surface area contributed by atoms with E-state index < -0.39 is 0 Å². The topological polar surface area (TPSA) is 28.2 Å². The minimum absolute atomic E-state index is 0.579. The van der Waals surface area contributed by atoms with Crippen LogP contribution in [0.1, 0.15) is 37.9 Å². The van der Waals surface area contributed by atoms with E-state index in [0.29, 0.717) is 6.04 Å². The number of piperidine rings is 1. The molecule has 19 heavy (non-hydrogen) atoms. The lowest BCUT2D eigenvalue weighted by atomic mass is 9.91. The van der Waals surface area contributed by atoms with Crippen LogP contribution in [-0.2, 0) is 6.54 Å². The molecule has 1 aromatic rings. The minimum atomic E-state index is 0.579. The SMILES string of the molecule is CCN1CCCC(C(C)NCc2ccc(C)nc2)C1. The second kappa shape index (κ2) is 7.01. The number of hydrogen-bond acceptors (Lipinski definition) is 3. The summed E-state index contributed by atoms with van der Waals surface area (Å²) in [4.78, 5) is 6.92. The third-order valence-corrected chi connectivity index (χ3v) is 4.30. The van der Waals surface area contributed by atoms with E-state index in [2.05, 4.69) is 41.2 Å². The van der Waals surface area contributed by atoms with Crippen LogP contribution >= 0.6 is 0 Å². The molecule has 0 amide bonds. The predicted molar refractivity (Wildman–Crippen MR) is 80.1 cm³/mol. The molecule has 1 fully saturated rings. The van der Waals surface area contributed by atoms with E-state index in [1.54, 1.807) is 0 Å². The van der Waals surface area contributed by atoms with Gasteiger partial charge in [-0.15, -0.1) is 0 Å². The molecule has 106 valence electrons. The van der Waals surface area contributed by atoms with Crippen LogP contribution in [0.25, 0.3) is 0 Å². The molecular weight excluding hydrogens is 234 g/mol. The van der Waals surface area contributed by atoms with Crippen molar-refractivity contribution in [2.75, 3.05) is 19.6 Å². The normalized spacial score (nSPS) is 22.4. The van der Waals surface area contributed by atoms with E-state index in [1.165, 1.54) is 38.0 Å². The van der Waals surface area contributed by atoms with Gasteiger partial charge in [-0.25, -0.2) is 0 Å². The first-order chi connectivity index (χ1) is 9.19. The average Bonchev–Trinajstić information content (AvgIpc) is 2.46. The summed E-state index contributed by atoms with van der Waals surface area (Å²) in [5, 5.41) is 3.67. The van der Waals surface area contributed by atoms with Gasteiger partial charge in [0.2, 0.25) is 0 Å². The second-order valence-corrected chi connectivity index (χ2v) is 5.77. The molecule has 0 saturated carbocycles. The van der Waals surface area contributed by atoms with Crippen molar-refractivity contribution in [3.8, 4) is 0 Å². The van der Waals surface area contributed by atoms with E-state index in [1.807, 2.05) is 13.1 Å². The van der Waals surface area contributed by atoms with E-state index in [-0.39, 0.29) is 0 Å². The summed E-state index contributed by atoms with van der Waals surface area (Å²) in [7, 11) is 0. The maximum Gasteiger partial charge on any atom is 0.0372 e. The Morgan fingerprint density at radius 2 is 2.32 bits per heavy atom. The van der Waals surface area contributed by atoms with Gasteiger partial charge in [0.1, 0.15) is 0 Å². The lowest BCUT2D eigenvalue weighted by Crippen LogP contribution is -2.44. The van der Waals surface area contributed by atoms with Gasteiger partial charge in [-0.1, -0.05) is 13.0 Å². The van der Waals surface area contributed by atoms with E-state index in [4.69, 9.17) is 0 Å². The summed E-state index contributed by atoms with van der Waals surface area (Å²) < 4.78 is 0. The van der Waals surface area contributed by atoms with E-state index >= 15 is 0 Å². The Hall–Kier alpha value is -0.930. The highest BCUT2D eigenvalue weighted by atomic mass is 15.1. The number of rotatable bonds is 5. The fourth-order valence-corrected chi connectivity index (χ4v) is 2.84. The molecule has 0 spiro atoms. The number of aromatic nitrogens is 1. The van der Waals surface area contributed by atoms with Gasteiger partial charge >= 0.3 is 0 Å². The summed E-state index contributed by atoms with van der Waals surface area (Å²) in [5.41, 5.74) is 2.36. The second-order valence-electron chi connectivity index (χ2n) is 5.77. The van der Waals surface area contributed by atoms with Crippen molar-refractivity contribution in [2.45, 2.75) is 46.2 Å². The molecular formula is C16H27N3. The smallest absolute Gasteiger partial charge is 0.0372 e. The van der Waals surface area contributed by atoms with Crippen LogP contribution in [0, 0.1) is 12.8 Å². The monoisotopic (exact) mass is 261 g/mol. The predicted octanol–water partition coefficient (Wildman–Crippen LogP) is 2.60. The number of likely N-dealkylation sites (tertiary alicyclic amines) is 1. The lowest BCUT2D eigenvalue weighted by molar-refractivity contribution is 0.157. The molecule has 2 unspecified atom stereocenters. The molecule has 2 atom stereocenters. The summed E-state index contributed by atoms with van der Waals surface area (Å²) in [6.07, 6.45) is 4.68. The number of pyridine rings is 1. The average molecular weight is 261 g/mol. The first-order valence-corrected chi connectivity index (χ1v) is 7.56. The molecule has 3 nitrogen and oxygen atoms in total. The Balaban J connectivity index is 1.80. The maximum atomic E-state index is 4.35. The van der Waals surface area contributed by atoms with Crippen molar-refractivity contribution in [1.29, 1.82) is 0 Å². The summed E-state index contributed by atoms with van der Waals surface area (Å²) >= 11 is 0. The van der Waals surface area contributed by atoms with Crippen LogP contribution in [-0.4, -0.2) is 35.6 Å². The molecule has 2 rings (SSSR count). The molecule has 0 aromatic carbocycles. The van der Waals surface area contributed by atoms with Gasteiger partial charge in [0.25, 0.3) is 0 Å². The van der Waals surface area contributed by atoms with Gasteiger partial charge in [-0.05, 0) is 57.3 Å². The first kappa shape index (κ1) is 14.5. The van der Waals surface area contributed by atoms with Crippen molar-refractivity contribution in [2.24, 2.45) is 5.92 Å². The highest BCUT2D eigenvalue weighted by Gasteiger charge is 2.23. The highest BCUT2D eigenvalue weighted by molar-refractivity contribution is 5.12. The molecule has 1 N–H and O–H groups in total. The van der Waals surface area contributed by atoms with Gasteiger partial charge < -0.3 is 10.2 Å². The van der Waals surface area contributed by atoms with Crippen LogP contribution in [0.2, 0.25) is 0 Å². The van der Waals surface area contributed by atoms with Gasteiger partial charge in [-0.3, -0.25) is 4.98 Å². The number of nitrogens with one attached hydrogen (secondary N) is 1. The quantitative estimate of drug-likeness (QED) is 0.883. The Morgan fingerprint density at radius 3 is 3.00 bits per heavy atom. The minimum Gasteiger partial charge on any atom is -0.310 e. The largest absolute Gasteiger partial charge is 0.310 e. The number of aryl methyl sites for hydroxylation is 1. The molecule has 1 saturated heterocycles. The third-order valence-electron chi connectivity index (χ3n) is 4.30. The van der Waals surface area contributed by atoms with E-state index in [9.17, 15) is 0 Å². The first-order valence-electron chi connectivity index (χ1n) is 7.56. The highest BCUT2D eigenvalue weighted by Crippen LogP contribution is 2.19. The van der Waals surface area contributed by atoms with Crippen LogP contribution in [0.4, 0.5) is 0 Å². The van der Waals surface area contributed by atoms with Crippen LogP contribution in [0.5, 0.6) is 0 Å². The summed E-state index contributed by atoms with van der Waals surface area (Å²) in [5.74, 6) is 0.784. The van der Waals surface area contributed by atoms with Crippen molar-refractivity contribution < 1.29 is 0 Å². The Kier molecular flexibility index (Phi) is 5.34. The molecule has 1 aliphatic rings.